The Balaban J connectivity index is 0.00000312. The van der Waals surface area contributed by atoms with Crippen LogP contribution in [0.15, 0.2) is 45.1 Å². The summed E-state index contributed by atoms with van der Waals surface area (Å²) in [6.45, 7) is 16.2. The second-order valence-corrected chi connectivity index (χ2v) is 9.60. The molecule has 0 N–H and O–H groups in total. The average molecular weight is 434 g/mol. The quantitative estimate of drug-likeness (QED) is 0.452. The predicted molar refractivity (Wildman–Crippen MR) is 95.9 cm³/mol. The zero-order chi connectivity index (χ0) is 18.2. The molecular formula is C21H31Cl2O2Ti. The average Bonchev–Trinajstić information content (AvgIpc) is 2.82. The normalized spacial score (nSPS) is 23.1. The van der Waals surface area contributed by atoms with Gasteiger partial charge in [-0.1, -0.05) is 0 Å². The summed E-state index contributed by atoms with van der Waals surface area (Å²) in [5.74, 6) is 0.263. The Kier molecular flexibility index (Phi) is 9.48. The van der Waals surface area contributed by atoms with E-state index in [1.165, 1.54) is 15.0 Å². The molecule has 2 rings (SSSR count). The summed E-state index contributed by atoms with van der Waals surface area (Å²) in [5.41, 5.74) is 2.68. The first-order valence-corrected chi connectivity index (χ1v) is 9.65. The van der Waals surface area contributed by atoms with Crippen LogP contribution in [0.5, 0.6) is 0 Å². The van der Waals surface area contributed by atoms with Gasteiger partial charge in [-0.25, -0.2) is 0 Å². The van der Waals surface area contributed by atoms with Crippen molar-refractivity contribution in [3.05, 3.63) is 45.1 Å². The predicted octanol–water partition coefficient (Wildman–Crippen LogP) is -0.189. The summed E-state index contributed by atoms with van der Waals surface area (Å²) in [5, 5.41) is 0. The fraction of sp³-hybridized carbons (Fsp3) is 0.619. The van der Waals surface area contributed by atoms with Gasteiger partial charge < -0.3 is 24.8 Å². The molecule has 0 radical (unpaired) electrons. The van der Waals surface area contributed by atoms with E-state index in [1.54, 1.807) is 0 Å². The van der Waals surface area contributed by atoms with Crippen LogP contribution in [0.4, 0.5) is 0 Å². The third kappa shape index (κ3) is 5.75. The molecule has 0 saturated heterocycles. The van der Waals surface area contributed by atoms with E-state index in [0.717, 1.165) is 18.6 Å². The molecule has 26 heavy (non-hydrogen) atoms. The number of ether oxygens (including phenoxy) is 2. The summed E-state index contributed by atoms with van der Waals surface area (Å²) in [6.07, 6.45) is 10.6. The van der Waals surface area contributed by atoms with E-state index < -0.39 is 5.79 Å². The van der Waals surface area contributed by atoms with Crippen LogP contribution >= 0.6 is 0 Å². The van der Waals surface area contributed by atoms with E-state index in [2.05, 4.69) is 86.3 Å². The number of halogens is 2. The van der Waals surface area contributed by atoms with Crippen molar-refractivity contribution in [2.75, 3.05) is 6.61 Å². The molecule has 0 aromatic carbocycles. The van der Waals surface area contributed by atoms with E-state index in [9.17, 15) is 0 Å². The van der Waals surface area contributed by atoms with E-state index in [1.807, 2.05) is 6.92 Å². The molecule has 0 aliphatic heterocycles. The molecular weight excluding hydrogens is 403 g/mol. The van der Waals surface area contributed by atoms with Gasteiger partial charge in [-0.05, 0) is 0 Å². The second kappa shape index (κ2) is 9.48. The molecule has 2 aliphatic carbocycles. The van der Waals surface area contributed by atoms with Crippen molar-refractivity contribution in [3.63, 3.8) is 0 Å². The minimum absolute atomic E-state index is 0. The van der Waals surface area contributed by atoms with Crippen LogP contribution in [-0.2, 0) is 29.9 Å². The van der Waals surface area contributed by atoms with Gasteiger partial charge in [0, 0.05) is 0 Å². The van der Waals surface area contributed by atoms with Gasteiger partial charge in [-0.15, -0.1) is 0 Å². The minimum atomic E-state index is -0.701. The molecule has 0 heterocycles. The van der Waals surface area contributed by atoms with Crippen LogP contribution < -0.4 is 24.8 Å². The summed E-state index contributed by atoms with van der Waals surface area (Å²) >= 11 is 2.13. The number of hydrogen-bond acceptors (Lipinski definition) is 2. The maximum atomic E-state index is 6.55. The molecule has 2 aliphatic rings. The summed E-state index contributed by atoms with van der Waals surface area (Å²) in [7, 11) is 0. The van der Waals surface area contributed by atoms with Gasteiger partial charge in [0.1, 0.15) is 0 Å². The molecule has 1 atom stereocenters. The fourth-order valence-electron chi connectivity index (χ4n) is 3.24. The molecule has 0 bridgehead atoms. The molecule has 0 aromatic rings. The van der Waals surface area contributed by atoms with E-state index in [4.69, 9.17) is 9.47 Å². The van der Waals surface area contributed by atoms with Gasteiger partial charge in [-0.2, -0.15) is 0 Å². The van der Waals surface area contributed by atoms with E-state index in [-0.39, 0.29) is 35.6 Å². The standard InChI is InChI=1S/C21H31O2.2ClH.Ti/c1-8-22-21(23-17-11-9-10-12-17)14-13-16(19(2,3)4)15-18(21)20(5,6)7;;;/h9,11,13,15H,8,10,14H2,1-7H3;2*1H;/q;;;+2/p-2. The topological polar surface area (TPSA) is 18.5 Å². The molecule has 1 unspecified atom stereocenters. The molecule has 145 valence electrons. The SMILES string of the molecule is CCOC1(OC2=[C]([Ti+2])CC=C2)CC=C(C(C)(C)C)C=C1C(C)(C)C.[Cl-].[Cl-]. The molecule has 0 saturated carbocycles. The molecule has 0 amide bonds. The summed E-state index contributed by atoms with van der Waals surface area (Å²) < 4.78 is 14.1. The van der Waals surface area contributed by atoms with Crippen molar-refractivity contribution in [1.29, 1.82) is 0 Å². The van der Waals surface area contributed by atoms with Crippen molar-refractivity contribution >= 4 is 0 Å². The number of hydrogen-bond donors (Lipinski definition) is 0. The van der Waals surface area contributed by atoms with Crippen LogP contribution in [0.3, 0.4) is 0 Å². The molecule has 0 fully saturated rings. The van der Waals surface area contributed by atoms with E-state index in [0.29, 0.717) is 6.61 Å². The minimum Gasteiger partial charge on any atom is -1.00 e. The Bertz CT molecular complexity index is 619. The van der Waals surface area contributed by atoms with E-state index >= 15 is 0 Å². The number of rotatable bonds is 4. The van der Waals surface area contributed by atoms with Crippen molar-refractivity contribution in [1.82, 2.24) is 0 Å². The van der Waals surface area contributed by atoms with Crippen molar-refractivity contribution < 1.29 is 54.7 Å². The Morgan fingerprint density at radius 1 is 1.08 bits per heavy atom. The monoisotopic (exact) mass is 433 g/mol. The van der Waals surface area contributed by atoms with Crippen LogP contribution in [0.2, 0.25) is 0 Å². The van der Waals surface area contributed by atoms with Crippen LogP contribution in [-0.4, -0.2) is 12.4 Å². The maximum absolute atomic E-state index is 6.55. The third-order valence-electron chi connectivity index (χ3n) is 4.52. The fourth-order valence-corrected chi connectivity index (χ4v) is 3.64. The van der Waals surface area contributed by atoms with Gasteiger partial charge in [0.2, 0.25) is 0 Å². The zero-order valence-corrected chi connectivity index (χ0v) is 20.1. The van der Waals surface area contributed by atoms with Gasteiger partial charge in [0.05, 0.1) is 0 Å². The summed E-state index contributed by atoms with van der Waals surface area (Å²) in [6, 6.07) is 0. The van der Waals surface area contributed by atoms with Crippen LogP contribution in [0.25, 0.3) is 0 Å². The Hall–Kier alpha value is 0.0143. The number of allylic oxidation sites excluding steroid dienone is 5. The van der Waals surface area contributed by atoms with Crippen molar-refractivity contribution in [3.8, 4) is 0 Å². The molecule has 2 nitrogen and oxygen atoms in total. The first-order chi connectivity index (χ1) is 11.0. The third-order valence-corrected chi connectivity index (χ3v) is 5.22. The Morgan fingerprint density at radius 2 is 1.69 bits per heavy atom. The maximum Gasteiger partial charge on any atom is -1.00 e. The smallest absolute Gasteiger partial charge is 1.00 e. The molecule has 0 aromatic heterocycles. The first kappa shape index (κ1) is 26.0. The van der Waals surface area contributed by atoms with Gasteiger partial charge in [0.25, 0.3) is 0 Å². The zero-order valence-electron chi connectivity index (χ0n) is 17.0. The summed E-state index contributed by atoms with van der Waals surface area (Å²) in [4.78, 5) is 0. The van der Waals surface area contributed by atoms with Gasteiger partial charge >= 0.3 is 160 Å². The molecule has 0 spiro atoms. The van der Waals surface area contributed by atoms with Crippen molar-refractivity contribution in [2.45, 2.75) is 67.1 Å². The second-order valence-electron chi connectivity index (χ2n) is 8.66. The molecule has 5 heteroatoms. The Morgan fingerprint density at radius 3 is 2.12 bits per heavy atom. The van der Waals surface area contributed by atoms with Crippen molar-refractivity contribution in [2.24, 2.45) is 10.8 Å². The first-order valence-electron chi connectivity index (χ1n) is 8.87. The van der Waals surface area contributed by atoms with Gasteiger partial charge in [0.15, 0.2) is 0 Å². The van der Waals surface area contributed by atoms with Gasteiger partial charge in [-0.3, -0.25) is 0 Å². The van der Waals surface area contributed by atoms with Crippen LogP contribution in [0, 0.1) is 10.8 Å². The van der Waals surface area contributed by atoms with Crippen LogP contribution in [0.1, 0.15) is 61.3 Å². The Labute approximate surface area is 183 Å². The largest absolute Gasteiger partial charge is 1.00 e.